The Labute approximate surface area is 230 Å². The van der Waals surface area contributed by atoms with Crippen molar-refractivity contribution in [2.45, 2.75) is 76.3 Å². The number of aliphatic hydroxyl groups is 1. The number of primary sulfonamides is 1. The summed E-state index contributed by atoms with van der Waals surface area (Å²) in [6.07, 6.45) is 16.3. The second kappa shape index (κ2) is 10.7. The number of aliphatic imine (C=N–C) groups is 1. The average Bonchev–Trinajstić information content (AvgIpc) is 3.10. The molecule has 2 fully saturated rings. The van der Waals surface area contributed by atoms with E-state index in [4.69, 9.17) is 19.6 Å². The molecule has 3 N–H and O–H groups in total. The molecule has 9 heteroatoms. The standard InChI is InChI=1S/C30H38N2O6S/c1-20(39(31,35)36)7-5-11-26(33)29(2)16-14-27(29)38-28(34)22-12-13-25-24(17-22)32-18-30(19-37-25)15-6-9-21-8-3-4-10-23(21)30/h3-5,10-13,17-18,20-21,26-27,33H,6-9,14-16,19H2,1-2H3,(H2,31,35,36)/b11-5+/t20-,21?,26+,27-,29-,30?/m1/s1. The van der Waals surface area contributed by atoms with Crippen molar-refractivity contribution >= 4 is 27.9 Å². The fraction of sp³-hybridized carbons (Fsp3) is 0.533. The third-order valence-corrected chi connectivity index (χ3v) is 10.4. The van der Waals surface area contributed by atoms with Crippen LogP contribution in [0.4, 0.5) is 5.69 Å². The Morgan fingerprint density at radius 1 is 1.33 bits per heavy atom. The molecule has 1 heterocycles. The van der Waals surface area contributed by atoms with Crippen LogP contribution in [0.2, 0.25) is 0 Å². The summed E-state index contributed by atoms with van der Waals surface area (Å²) in [6, 6.07) is 5.19. The van der Waals surface area contributed by atoms with Gasteiger partial charge in [-0.05, 0) is 69.6 Å². The lowest BCUT2D eigenvalue weighted by atomic mass is 9.64. The molecule has 6 atom stereocenters. The summed E-state index contributed by atoms with van der Waals surface area (Å²) in [4.78, 5) is 17.9. The fourth-order valence-electron chi connectivity index (χ4n) is 6.13. The maximum atomic E-state index is 13.1. The molecule has 1 aromatic rings. The zero-order chi connectivity index (χ0) is 27.8. The highest BCUT2D eigenvalue weighted by Gasteiger charge is 2.50. The molecule has 2 unspecified atom stereocenters. The molecule has 0 amide bonds. The number of carbonyl (C=O) groups is 1. The van der Waals surface area contributed by atoms with Gasteiger partial charge in [0.1, 0.15) is 24.1 Å². The first-order valence-electron chi connectivity index (χ1n) is 13.8. The molecule has 0 radical (unpaired) electrons. The number of ether oxygens (including phenoxy) is 2. The van der Waals surface area contributed by atoms with E-state index in [1.165, 1.54) is 18.9 Å². The molecular weight excluding hydrogens is 516 g/mol. The monoisotopic (exact) mass is 554 g/mol. The van der Waals surface area contributed by atoms with E-state index in [1.807, 2.05) is 13.1 Å². The number of nitrogens with zero attached hydrogens (tertiary/aromatic N) is 1. The predicted molar refractivity (Wildman–Crippen MR) is 151 cm³/mol. The lowest BCUT2D eigenvalue weighted by Crippen LogP contribution is -2.52. The molecule has 1 spiro atoms. The van der Waals surface area contributed by atoms with Crippen molar-refractivity contribution in [3.63, 3.8) is 0 Å². The second-order valence-corrected chi connectivity index (χ2v) is 13.7. The quantitative estimate of drug-likeness (QED) is 0.369. The summed E-state index contributed by atoms with van der Waals surface area (Å²) in [5.74, 6) is 0.709. The number of allylic oxidation sites excluding steroid dienone is 4. The highest BCUT2D eigenvalue weighted by Crippen LogP contribution is 2.49. The summed E-state index contributed by atoms with van der Waals surface area (Å²) in [5, 5.41) is 15.2. The van der Waals surface area contributed by atoms with E-state index in [-0.39, 0.29) is 11.8 Å². The van der Waals surface area contributed by atoms with Gasteiger partial charge in [0.25, 0.3) is 0 Å². The molecule has 39 heavy (non-hydrogen) atoms. The number of hydrogen-bond donors (Lipinski definition) is 2. The SMILES string of the molecule is C[C@H](C/C=C/[C@H](O)[C@@]1(C)CC[C@H]1OC(=O)c1ccc2c(c1)N=CC1(CCCC3CC=CC=C31)CO2)S(N)(=O)=O. The molecule has 2 saturated carbocycles. The third kappa shape index (κ3) is 5.49. The highest BCUT2D eigenvalue weighted by molar-refractivity contribution is 7.89. The average molecular weight is 555 g/mol. The smallest absolute Gasteiger partial charge is 0.338 e. The molecule has 5 rings (SSSR count). The minimum absolute atomic E-state index is 0.198. The number of esters is 1. The van der Waals surface area contributed by atoms with E-state index in [1.54, 1.807) is 30.4 Å². The van der Waals surface area contributed by atoms with Crippen LogP contribution in [-0.2, 0) is 14.8 Å². The predicted octanol–water partition coefficient (Wildman–Crippen LogP) is 4.76. The van der Waals surface area contributed by atoms with Gasteiger partial charge in [-0.1, -0.05) is 49.3 Å². The van der Waals surface area contributed by atoms with E-state index in [2.05, 4.69) is 18.2 Å². The van der Waals surface area contributed by atoms with Gasteiger partial charge in [-0.2, -0.15) is 0 Å². The van der Waals surface area contributed by atoms with Crippen molar-refractivity contribution in [3.8, 4) is 5.75 Å². The molecule has 210 valence electrons. The summed E-state index contributed by atoms with van der Waals surface area (Å²) in [5.41, 5.74) is 1.50. The van der Waals surface area contributed by atoms with Crippen LogP contribution in [0.15, 0.2) is 59.1 Å². The van der Waals surface area contributed by atoms with Crippen molar-refractivity contribution < 1.29 is 27.8 Å². The molecule has 0 bridgehead atoms. The molecule has 8 nitrogen and oxygen atoms in total. The summed E-state index contributed by atoms with van der Waals surface area (Å²) in [6.45, 7) is 3.92. The maximum absolute atomic E-state index is 13.1. The number of carbonyl (C=O) groups excluding carboxylic acids is 1. The molecule has 4 aliphatic rings. The summed E-state index contributed by atoms with van der Waals surface area (Å²) < 4.78 is 34.9. The van der Waals surface area contributed by atoms with Crippen LogP contribution in [0, 0.1) is 16.7 Å². The van der Waals surface area contributed by atoms with Crippen LogP contribution < -0.4 is 9.88 Å². The number of benzene rings is 1. The van der Waals surface area contributed by atoms with Crippen LogP contribution in [-0.4, -0.2) is 49.8 Å². The maximum Gasteiger partial charge on any atom is 0.338 e. The number of sulfonamides is 1. The van der Waals surface area contributed by atoms with Gasteiger partial charge < -0.3 is 14.6 Å². The van der Waals surface area contributed by atoms with Gasteiger partial charge in [-0.15, -0.1) is 0 Å². The van der Waals surface area contributed by atoms with Crippen LogP contribution >= 0.6 is 0 Å². The van der Waals surface area contributed by atoms with Gasteiger partial charge >= 0.3 is 5.97 Å². The molecule has 0 aromatic heterocycles. The fourth-order valence-corrected chi connectivity index (χ4v) is 6.51. The van der Waals surface area contributed by atoms with Crippen LogP contribution in [0.25, 0.3) is 0 Å². The van der Waals surface area contributed by atoms with E-state index < -0.39 is 38.9 Å². The summed E-state index contributed by atoms with van der Waals surface area (Å²) >= 11 is 0. The van der Waals surface area contributed by atoms with Gasteiger partial charge in [0.15, 0.2) is 0 Å². The second-order valence-electron chi connectivity index (χ2n) is 11.7. The highest BCUT2D eigenvalue weighted by atomic mass is 32.2. The zero-order valence-corrected chi connectivity index (χ0v) is 23.4. The number of nitrogens with two attached hydrogens (primary N) is 1. The van der Waals surface area contributed by atoms with Gasteiger partial charge in [0.2, 0.25) is 10.0 Å². The van der Waals surface area contributed by atoms with Gasteiger partial charge in [0, 0.05) is 11.6 Å². The number of fused-ring (bicyclic) bond motifs is 3. The van der Waals surface area contributed by atoms with E-state index in [0.717, 1.165) is 19.3 Å². The first-order chi connectivity index (χ1) is 18.5. The van der Waals surface area contributed by atoms with Gasteiger partial charge in [0.05, 0.1) is 22.3 Å². The summed E-state index contributed by atoms with van der Waals surface area (Å²) in [7, 11) is -3.63. The molecule has 0 saturated heterocycles. The van der Waals surface area contributed by atoms with Crippen molar-refractivity contribution in [1.82, 2.24) is 0 Å². The molecule has 1 aliphatic heterocycles. The topological polar surface area (TPSA) is 128 Å². The Hall–Kier alpha value is -2.75. The van der Waals surface area contributed by atoms with E-state index in [0.29, 0.717) is 42.4 Å². The first-order valence-corrected chi connectivity index (χ1v) is 15.4. The Bertz CT molecular complexity index is 1350. The van der Waals surface area contributed by atoms with E-state index >= 15 is 0 Å². The van der Waals surface area contributed by atoms with Crippen molar-refractivity contribution in [2.75, 3.05) is 6.61 Å². The van der Waals surface area contributed by atoms with Crippen LogP contribution in [0.5, 0.6) is 5.75 Å². The van der Waals surface area contributed by atoms with Crippen molar-refractivity contribution in [2.24, 2.45) is 26.9 Å². The van der Waals surface area contributed by atoms with E-state index in [9.17, 15) is 18.3 Å². The van der Waals surface area contributed by atoms with Gasteiger partial charge in [-0.25, -0.2) is 18.4 Å². The zero-order valence-electron chi connectivity index (χ0n) is 22.6. The van der Waals surface area contributed by atoms with Crippen LogP contribution in [0.3, 0.4) is 0 Å². The Kier molecular flexibility index (Phi) is 7.61. The Balaban J connectivity index is 1.26. The van der Waals surface area contributed by atoms with Crippen molar-refractivity contribution in [1.29, 1.82) is 0 Å². The van der Waals surface area contributed by atoms with Gasteiger partial charge in [-0.3, -0.25) is 4.99 Å². The minimum Gasteiger partial charge on any atom is -0.490 e. The van der Waals surface area contributed by atoms with Crippen LogP contribution in [0.1, 0.15) is 69.2 Å². The lowest BCUT2D eigenvalue weighted by molar-refractivity contribution is -0.117. The Morgan fingerprint density at radius 2 is 2.15 bits per heavy atom. The first kappa shape index (κ1) is 27.8. The number of hydrogen-bond acceptors (Lipinski definition) is 7. The third-order valence-electron chi connectivity index (χ3n) is 9.11. The molecule has 3 aliphatic carbocycles. The normalized spacial score (nSPS) is 31.3. The molecular formula is C30H38N2O6S. The largest absolute Gasteiger partial charge is 0.490 e. The Morgan fingerprint density at radius 3 is 2.90 bits per heavy atom. The lowest BCUT2D eigenvalue weighted by Gasteiger charge is -2.48. The van der Waals surface area contributed by atoms with Crippen molar-refractivity contribution in [3.05, 3.63) is 59.7 Å². The number of rotatable bonds is 7. The molecule has 1 aromatic carbocycles. The number of aliphatic hydroxyl groups excluding tert-OH is 1. The minimum atomic E-state index is -3.63.